The Balaban J connectivity index is 3.89. The molecule has 0 aliphatic carbocycles. The Kier molecular flexibility index (Phi) is 4.18. The van der Waals surface area contributed by atoms with Crippen LogP contribution in [0.4, 0.5) is 0 Å². The van der Waals surface area contributed by atoms with Gasteiger partial charge in [0.1, 0.15) is 5.60 Å². The van der Waals surface area contributed by atoms with E-state index in [0.717, 1.165) is 5.57 Å². The predicted molar refractivity (Wildman–Crippen MR) is 49.7 cm³/mol. The van der Waals surface area contributed by atoms with E-state index in [9.17, 15) is 9.90 Å². The van der Waals surface area contributed by atoms with Crippen molar-refractivity contribution in [3.63, 3.8) is 0 Å². The summed E-state index contributed by atoms with van der Waals surface area (Å²) in [6, 6.07) is 0. The molecular weight excluding hydrogens is 152 g/mol. The van der Waals surface area contributed by atoms with Gasteiger partial charge in [-0.3, -0.25) is 4.79 Å². The first-order valence-corrected chi connectivity index (χ1v) is 4.08. The van der Waals surface area contributed by atoms with Gasteiger partial charge in [0.2, 0.25) is 0 Å². The second-order valence-corrected chi connectivity index (χ2v) is 3.53. The maximum atomic E-state index is 11.2. The first-order chi connectivity index (χ1) is 5.38. The Morgan fingerprint density at radius 3 is 2.33 bits per heavy atom. The van der Waals surface area contributed by atoms with Gasteiger partial charge in [-0.2, -0.15) is 0 Å². The topological polar surface area (TPSA) is 37.3 Å². The molecular formula is C10H17O2. The highest BCUT2D eigenvalue weighted by Crippen LogP contribution is 2.11. The van der Waals surface area contributed by atoms with Crippen molar-refractivity contribution in [3.8, 4) is 0 Å². The Labute approximate surface area is 74.3 Å². The summed E-state index contributed by atoms with van der Waals surface area (Å²) in [6.07, 6.45) is 2.81. The van der Waals surface area contributed by atoms with Crippen molar-refractivity contribution >= 4 is 5.78 Å². The lowest BCUT2D eigenvalue weighted by Gasteiger charge is -2.14. The van der Waals surface area contributed by atoms with Gasteiger partial charge in [0.05, 0.1) is 0 Å². The number of carbonyl (C=O) groups excluding carboxylic acids is 1. The minimum Gasteiger partial charge on any atom is -0.383 e. The molecule has 0 aliphatic rings. The number of carbonyl (C=O) groups is 1. The molecule has 2 heteroatoms. The second kappa shape index (κ2) is 4.41. The molecule has 0 aromatic carbocycles. The predicted octanol–water partition coefficient (Wildman–Crippen LogP) is 1.89. The summed E-state index contributed by atoms with van der Waals surface area (Å²) in [5.41, 5.74) is -0.117. The molecule has 0 saturated carbocycles. The molecule has 0 spiro atoms. The van der Waals surface area contributed by atoms with Crippen LogP contribution in [0.2, 0.25) is 0 Å². The van der Waals surface area contributed by atoms with E-state index < -0.39 is 5.60 Å². The normalized spacial score (nSPS) is 13.2. The maximum Gasteiger partial charge on any atom is 0.164 e. The molecule has 0 atom stereocenters. The Morgan fingerprint density at radius 1 is 1.50 bits per heavy atom. The van der Waals surface area contributed by atoms with Crippen LogP contribution in [0.25, 0.3) is 0 Å². The molecule has 0 unspecified atom stereocenters. The Bertz CT molecular complexity index is 185. The third-order valence-electron chi connectivity index (χ3n) is 1.78. The van der Waals surface area contributed by atoms with E-state index in [1.165, 1.54) is 13.8 Å². The van der Waals surface area contributed by atoms with Crippen LogP contribution in [0.1, 0.15) is 33.6 Å². The summed E-state index contributed by atoms with van der Waals surface area (Å²) >= 11 is 0. The molecule has 69 valence electrons. The first-order valence-electron chi connectivity index (χ1n) is 4.08. The van der Waals surface area contributed by atoms with Gasteiger partial charge in [0, 0.05) is 6.42 Å². The molecule has 1 radical (unpaired) electrons. The molecule has 0 saturated heterocycles. The van der Waals surface area contributed by atoms with Crippen molar-refractivity contribution in [1.82, 2.24) is 0 Å². The van der Waals surface area contributed by atoms with E-state index in [-0.39, 0.29) is 5.78 Å². The van der Waals surface area contributed by atoms with Crippen molar-refractivity contribution in [2.24, 2.45) is 0 Å². The van der Waals surface area contributed by atoms with Crippen LogP contribution in [0.3, 0.4) is 0 Å². The standard InChI is InChI=1S/C10H17O2/c1-5-8(2)6-7-9(11)10(3,4)12/h5,12H,1,6-7H2,2-4H3. The lowest BCUT2D eigenvalue weighted by atomic mass is 9.98. The van der Waals surface area contributed by atoms with E-state index >= 15 is 0 Å². The van der Waals surface area contributed by atoms with Crippen molar-refractivity contribution in [2.45, 2.75) is 39.2 Å². The molecule has 2 nitrogen and oxygen atoms in total. The highest BCUT2D eigenvalue weighted by Gasteiger charge is 2.22. The van der Waals surface area contributed by atoms with Gasteiger partial charge in [-0.25, -0.2) is 0 Å². The van der Waals surface area contributed by atoms with E-state index in [1.807, 2.05) is 6.92 Å². The van der Waals surface area contributed by atoms with Crippen molar-refractivity contribution in [3.05, 3.63) is 18.6 Å². The molecule has 0 heterocycles. The fourth-order valence-corrected chi connectivity index (χ4v) is 0.719. The monoisotopic (exact) mass is 169 g/mol. The average Bonchev–Trinajstić information content (AvgIpc) is 1.97. The smallest absolute Gasteiger partial charge is 0.164 e. The first kappa shape index (κ1) is 11.4. The molecule has 12 heavy (non-hydrogen) atoms. The summed E-state index contributed by atoms with van der Waals surface area (Å²) in [6.45, 7) is 8.54. The summed E-state index contributed by atoms with van der Waals surface area (Å²) < 4.78 is 0. The van der Waals surface area contributed by atoms with Crippen LogP contribution in [0.5, 0.6) is 0 Å². The number of ketones is 1. The number of hydrogen-bond acceptors (Lipinski definition) is 2. The summed E-state index contributed by atoms with van der Waals surface area (Å²) in [5, 5.41) is 9.29. The van der Waals surface area contributed by atoms with Crippen LogP contribution >= 0.6 is 0 Å². The van der Waals surface area contributed by atoms with Gasteiger partial charge in [0.15, 0.2) is 5.78 Å². The molecule has 0 rings (SSSR count). The van der Waals surface area contributed by atoms with Crippen LogP contribution in [0.15, 0.2) is 11.6 Å². The number of aliphatic hydroxyl groups is 1. The van der Waals surface area contributed by atoms with Gasteiger partial charge in [0.25, 0.3) is 0 Å². The van der Waals surface area contributed by atoms with Crippen molar-refractivity contribution < 1.29 is 9.90 Å². The Morgan fingerprint density at radius 2 is 2.00 bits per heavy atom. The van der Waals surface area contributed by atoms with E-state index in [2.05, 4.69) is 6.92 Å². The van der Waals surface area contributed by atoms with Gasteiger partial charge in [-0.1, -0.05) is 11.6 Å². The lowest BCUT2D eigenvalue weighted by molar-refractivity contribution is -0.134. The zero-order chi connectivity index (χ0) is 9.78. The summed E-state index contributed by atoms with van der Waals surface area (Å²) in [7, 11) is 0. The lowest BCUT2D eigenvalue weighted by Crippen LogP contribution is -2.30. The minimum absolute atomic E-state index is 0.122. The molecule has 0 aromatic rings. The highest BCUT2D eigenvalue weighted by molar-refractivity contribution is 5.86. The van der Waals surface area contributed by atoms with Crippen molar-refractivity contribution in [2.75, 3.05) is 0 Å². The van der Waals surface area contributed by atoms with Crippen LogP contribution in [-0.2, 0) is 4.79 Å². The molecule has 0 amide bonds. The zero-order valence-electron chi connectivity index (χ0n) is 8.05. The fourth-order valence-electron chi connectivity index (χ4n) is 0.719. The highest BCUT2D eigenvalue weighted by atomic mass is 16.3. The fraction of sp³-hybridized carbons (Fsp3) is 0.600. The molecule has 1 N–H and O–H groups in total. The Hall–Kier alpha value is -0.630. The van der Waals surface area contributed by atoms with Crippen LogP contribution in [-0.4, -0.2) is 16.5 Å². The largest absolute Gasteiger partial charge is 0.383 e. The summed E-state index contributed by atoms with van der Waals surface area (Å²) in [5.74, 6) is -0.122. The average molecular weight is 169 g/mol. The second-order valence-electron chi connectivity index (χ2n) is 3.53. The maximum absolute atomic E-state index is 11.2. The number of rotatable bonds is 4. The zero-order valence-corrected chi connectivity index (χ0v) is 8.05. The molecule has 0 bridgehead atoms. The minimum atomic E-state index is -1.19. The van der Waals surface area contributed by atoms with Gasteiger partial charge in [-0.15, -0.1) is 0 Å². The van der Waals surface area contributed by atoms with Crippen LogP contribution in [0, 0.1) is 6.92 Å². The third kappa shape index (κ3) is 4.29. The quantitative estimate of drug-likeness (QED) is 0.697. The number of Topliss-reactive ketones (excluding diaryl/α,β-unsaturated/α-hetero) is 1. The summed E-state index contributed by atoms with van der Waals surface area (Å²) in [4.78, 5) is 11.2. The third-order valence-corrected chi connectivity index (χ3v) is 1.78. The molecule has 0 aliphatic heterocycles. The SMILES string of the molecule is [CH2]C=C(C)CCC(=O)C(C)(C)O. The van der Waals surface area contributed by atoms with E-state index in [0.29, 0.717) is 12.8 Å². The van der Waals surface area contributed by atoms with Gasteiger partial charge < -0.3 is 5.11 Å². The van der Waals surface area contributed by atoms with Gasteiger partial charge >= 0.3 is 0 Å². The molecule has 0 fully saturated rings. The number of hydrogen-bond donors (Lipinski definition) is 1. The number of allylic oxidation sites excluding steroid dienone is 2. The van der Waals surface area contributed by atoms with E-state index in [4.69, 9.17) is 0 Å². The van der Waals surface area contributed by atoms with E-state index in [1.54, 1.807) is 6.08 Å². The van der Waals surface area contributed by atoms with Crippen molar-refractivity contribution in [1.29, 1.82) is 0 Å². The van der Waals surface area contributed by atoms with Crippen LogP contribution < -0.4 is 0 Å². The molecule has 0 aromatic heterocycles. The van der Waals surface area contributed by atoms with Gasteiger partial charge in [-0.05, 0) is 34.1 Å².